The van der Waals surface area contributed by atoms with Crippen molar-refractivity contribution in [2.75, 3.05) is 31.6 Å². The topological polar surface area (TPSA) is 26.7 Å². The van der Waals surface area contributed by atoms with Crippen LogP contribution >= 0.6 is 0 Å². The predicted octanol–water partition coefficient (Wildman–Crippen LogP) is 1.46. The van der Waals surface area contributed by atoms with Crippen LogP contribution in [-0.2, 0) is 6.61 Å². The summed E-state index contributed by atoms with van der Waals surface area (Å²) in [7, 11) is 2.10. The van der Waals surface area contributed by atoms with Gasteiger partial charge in [0, 0.05) is 36.9 Å². The highest BCUT2D eigenvalue weighted by Crippen LogP contribution is 2.25. The van der Waals surface area contributed by atoms with E-state index >= 15 is 0 Å². The van der Waals surface area contributed by atoms with Gasteiger partial charge < -0.3 is 14.9 Å². The van der Waals surface area contributed by atoms with Crippen LogP contribution in [0.2, 0.25) is 0 Å². The van der Waals surface area contributed by atoms with Crippen molar-refractivity contribution in [1.82, 2.24) is 4.90 Å². The monoisotopic (exact) mass is 238 g/mol. The maximum Gasteiger partial charge on any atom is 0.123 e. The third-order valence-electron chi connectivity index (χ3n) is 3.35. The highest BCUT2D eigenvalue weighted by Gasteiger charge is 2.23. The Bertz CT molecular complexity index is 397. The van der Waals surface area contributed by atoms with Crippen molar-refractivity contribution in [1.29, 1.82) is 0 Å². The van der Waals surface area contributed by atoms with Crippen molar-refractivity contribution < 1.29 is 9.50 Å². The first-order valence-electron chi connectivity index (χ1n) is 5.96. The standard InChI is InChI=1S/C13H19FN2O/c1-10-8-15(2)5-6-16(10)13-4-3-12(14)7-11(13)9-17/h3-4,7,10,17H,5-6,8-9H2,1-2H3. The normalized spacial score (nSPS) is 21.9. The number of likely N-dealkylation sites (N-methyl/N-ethyl adjacent to an activating group) is 1. The number of halogens is 1. The van der Waals surface area contributed by atoms with Gasteiger partial charge in [0.1, 0.15) is 5.82 Å². The number of aliphatic hydroxyl groups excluding tert-OH is 1. The summed E-state index contributed by atoms with van der Waals surface area (Å²) >= 11 is 0. The van der Waals surface area contributed by atoms with E-state index in [4.69, 9.17) is 0 Å². The van der Waals surface area contributed by atoms with Gasteiger partial charge in [-0.15, -0.1) is 0 Å². The highest BCUT2D eigenvalue weighted by molar-refractivity contribution is 5.54. The van der Waals surface area contributed by atoms with Crippen LogP contribution in [0.1, 0.15) is 12.5 Å². The molecule has 1 aromatic rings. The Morgan fingerprint density at radius 1 is 1.41 bits per heavy atom. The highest BCUT2D eigenvalue weighted by atomic mass is 19.1. The summed E-state index contributed by atoms with van der Waals surface area (Å²) in [6, 6.07) is 5.02. The third-order valence-corrected chi connectivity index (χ3v) is 3.35. The van der Waals surface area contributed by atoms with Gasteiger partial charge >= 0.3 is 0 Å². The fourth-order valence-electron chi connectivity index (χ4n) is 2.46. The van der Waals surface area contributed by atoms with Crippen LogP contribution in [-0.4, -0.2) is 42.7 Å². The van der Waals surface area contributed by atoms with Gasteiger partial charge in [-0.25, -0.2) is 4.39 Å². The minimum absolute atomic E-state index is 0.119. The molecule has 1 saturated heterocycles. The SMILES string of the molecule is CC1CN(C)CCN1c1ccc(F)cc1CO. The largest absolute Gasteiger partial charge is 0.392 e. The molecule has 1 N–H and O–H groups in total. The minimum Gasteiger partial charge on any atom is -0.392 e. The summed E-state index contributed by atoms with van der Waals surface area (Å²) in [4.78, 5) is 4.52. The van der Waals surface area contributed by atoms with Gasteiger partial charge in [0.15, 0.2) is 0 Å². The summed E-state index contributed by atoms with van der Waals surface area (Å²) in [5.41, 5.74) is 1.62. The van der Waals surface area contributed by atoms with E-state index in [-0.39, 0.29) is 12.4 Å². The molecule has 3 nitrogen and oxygen atoms in total. The van der Waals surface area contributed by atoms with E-state index in [9.17, 15) is 9.50 Å². The molecule has 0 amide bonds. The fourth-order valence-corrected chi connectivity index (χ4v) is 2.46. The lowest BCUT2D eigenvalue weighted by atomic mass is 10.1. The average Bonchev–Trinajstić information content (AvgIpc) is 2.30. The third kappa shape index (κ3) is 2.58. The lowest BCUT2D eigenvalue weighted by Crippen LogP contribution is -2.50. The molecule has 1 aromatic carbocycles. The van der Waals surface area contributed by atoms with Crippen molar-refractivity contribution in [2.24, 2.45) is 0 Å². The van der Waals surface area contributed by atoms with Crippen LogP contribution in [0.3, 0.4) is 0 Å². The molecule has 1 aliphatic heterocycles. The molecule has 0 radical (unpaired) electrons. The van der Waals surface area contributed by atoms with Crippen molar-refractivity contribution >= 4 is 5.69 Å². The Balaban J connectivity index is 2.27. The predicted molar refractivity (Wildman–Crippen MR) is 66.6 cm³/mol. The molecule has 0 aromatic heterocycles. The first-order valence-corrected chi connectivity index (χ1v) is 5.96. The first kappa shape index (κ1) is 12.3. The van der Waals surface area contributed by atoms with E-state index in [1.165, 1.54) is 12.1 Å². The molecule has 2 rings (SSSR count). The molecule has 0 aliphatic carbocycles. The minimum atomic E-state index is -0.292. The van der Waals surface area contributed by atoms with E-state index in [0.717, 1.165) is 25.3 Å². The smallest absolute Gasteiger partial charge is 0.123 e. The number of hydrogen-bond donors (Lipinski definition) is 1. The summed E-state index contributed by atoms with van der Waals surface area (Å²) in [6.45, 7) is 4.93. The van der Waals surface area contributed by atoms with Crippen molar-refractivity contribution in [3.05, 3.63) is 29.6 Å². The molecule has 1 fully saturated rings. The molecular formula is C13H19FN2O. The average molecular weight is 238 g/mol. The number of piperazine rings is 1. The molecule has 0 spiro atoms. The molecule has 1 heterocycles. The van der Waals surface area contributed by atoms with E-state index in [1.54, 1.807) is 6.07 Å². The van der Waals surface area contributed by atoms with Crippen molar-refractivity contribution in [3.63, 3.8) is 0 Å². The summed E-state index contributed by atoms with van der Waals surface area (Å²) < 4.78 is 13.1. The zero-order valence-electron chi connectivity index (χ0n) is 10.4. The zero-order valence-corrected chi connectivity index (χ0v) is 10.4. The lowest BCUT2D eigenvalue weighted by Gasteiger charge is -2.40. The van der Waals surface area contributed by atoms with Crippen LogP contribution in [0.15, 0.2) is 18.2 Å². The number of nitrogens with zero attached hydrogens (tertiary/aromatic N) is 2. The Labute approximate surface area is 101 Å². The van der Waals surface area contributed by atoms with Gasteiger partial charge in [0.05, 0.1) is 6.61 Å². The van der Waals surface area contributed by atoms with Crippen LogP contribution < -0.4 is 4.90 Å². The van der Waals surface area contributed by atoms with Crippen molar-refractivity contribution in [3.8, 4) is 0 Å². The first-order chi connectivity index (χ1) is 8.11. The molecular weight excluding hydrogens is 219 g/mol. The summed E-state index contributed by atoms with van der Waals surface area (Å²) in [6.07, 6.45) is 0. The Morgan fingerprint density at radius 3 is 2.82 bits per heavy atom. The van der Waals surface area contributed by atoms with Gasteiger partial charge in [-0.05, 0) is 32.2 Å². The van der Waals surface area contributed by atoms with E-state index in [0.29, 0.717) is 11.6 Å². The maximum absolute atomic E-state index is 13.1. The number of rotatable bonds is 2. The van der Waals surface area contributed by atoms with Crippen LogP contribution in [0.25, 0.3) is 0 Å². The van der Waals surface area contributed by atoms with E-state index in [2.05, 4.69) is 23.8 Å². The van der Waals surface area contributed by atoms with Gasteiger partial charge in [-0.1, -0.05) is 0 Å². The summed E-state index contributed by atoms with van der Waals surface area (Å²) in [5.74, 6) is -0.292. The molecule has 94 valence electrons. The van der Waals surface area contributed by atoms with Crippen molar-refractivity contribution in [2.45, 2.75) is 19.6 Å². The Morgan fingerprint density at radius 2 is 2.18 bits per heavy atom. The second-order valence-electron chi connectivity index (χ2n) is 4.74. The molecule has 0 bridgehead atoms. The molecule has 0 saturated carbocycles. The van der Waals surface area contributed by atoms with Gasteiger partial charge in [0.25, 0.3) is 0 Å². The summed E-state index contributed by atoms with van der Waals surface area (Å²) in [5, 5.41) is 9.31. The van der Waals surface area contributed by atoms with Gasteiger partial charge in [-0.3, -0.25) is 0 Å². The number of hydrogen-bond acceptors (Lipinski definition) is 3. The molecule has 1 aliphatic rings. The zero-order chi connectivity index (χ0) is 12.4. The second kappa shape index (κ2) is 5.02. The number of benzene rings is 1. The fraction of sp³-hybridized carbons (Fsp3) is 0.538. The molecule has 17 heavy (non-hydrogen) atoms. The molecule has 1 atom stereocenters. The molecule has 4 heteroatoms. The van der Waals surface area contributed by atoms with Crippen LogP contribution in [0, 0.1) is 5.82 Å². The van der Waals surface area contributed by atoms with E-state index < -0.39 is 0 Å². The Kier molecular flexibility index (Phi) is 3.64. The lowest BCUT2D eigenvalue weighted by molar-refractivity contribution is 0.268. The quantitative estimate of drug-likeness (QED) is 0.845. The number of aliphatic hydroxyl groups is 1. The maximum atomic E-state index is 13.1. The Hall–Kier alpha value is -1.13. The van der Waals surface area contributed by atoms with Crippen LogP contribution in [0.4, 0.5) is 10.1 Å². The van der Waals surface area contributed by atoms with E-state index in [1.807, 2.05) is 0 Å². The van der Waals surface area contributed by atoms with Gasteiger partial charge in [-0.2, -0.15) is 0 Å². The van der Waals surface area contributed by atoms with Gasteiger partial charge in [0.2, 0.25) is 0 Å². The van der Waals surface area contributed by atoms with Crippen LogP contribution in [0.5, 0.6) is 0 Å². The second-order valence-corrected chi connectivity index (χ2v) is 4.74. The number of anilines is 1. The molecule has 1 unspecified atom stereocenters.